The Balaban J connectivity index is 0.00000256. The zero-order valence-electron chi connectivity index (χ0n) is 11.2. The third kappa shape index (κ3) is 3.13. The van der Waals surface area contributed by atoms with Gasteiger partial charge in [0, 0.05) is 9.68 Å². The highest BCUT2D eigenvalue weighted by molar-refractivity contribution is 5.99. The van der Waals surface area contributed by atoms with Crippen molar-refractivity contribution in [2.75, 3.05) is 6.98 Å². The number of nitrogens with one attached hydrogen (secondary N) is 1. The lowest BCUT2D eigenvalue weighted by Crippen LogP contribution is -2.30. The first-order valence-corrected chi connectivity index (χ1v) is 4.18. The SMILES string of the molecule is Cl.[2H][13C]([2H])([2H])NC(C)C(=O)c1ccc(C)cc1. The third-order valence-corrected chi connectivity index (χ3v) is 1.95. The minimum atomic E-state index is -2.29. The first-order valence-electron chi connectivity index (χ1n) is 5.68. The summed E-state index contributed by atoms with van der Waals surface area (Å²) in [4.78, 5) is 11.8. The molecule has 0 bridgehead atoms. The second kappa shape index (κ2) is 5.78. The number of halogens is 1. The summed E-state index contributed by atoms with van der Waals surface area (Å²) in [7, 11) is 0. The number of carbonyl (C=O) groups excluding carboxylic acids is 1. The minimum absolute atomic E-state index is 0. The van der Waals surface area contributed by atoms with Gasteiger partial charge in [-0.3, -0.25) is 4.79 Å². The summed E-state index contributed by atoms with van der Waals surface area (Å²) in [6.07, 6.45) is 0. The molecule has 1 unspecified atom stereocenters. The van der Waals surface area contributed by atoms with Crippen LogP contribution in [0.25, 0.3) is 0 Å². The van der Waals surface area contributed by atoms with E-state index in [4.69, 9.17) is 4.11 Å². The van der Waals surface area contributed by atoms with Crippen molar-refractivity contribution in [2.45, 2.75) is 19.9 Å². The van der Waals surface area contributed by atoms with E-state index in [1.54, 1.807) is 19.1 Å². The quantitative estimate of drug-likeness (QED) is 0.622. The van der Waals surface area contributed by atoms with E-state index in [2.05, 4.69) is 5.32 Å². The zero-order chi connectivity index (χ0) is 12.3. The van der Waals surface area contributed by atoms with Gasteiger partial charge in [0.2, 0.25) is 0 Å². The predicted octanol–water partition coefficient (Wildman–Crippen LogP) is 2.21. The highest BCUT2D eigenvalue weighted by Crippen LogP contribution is 2.05. The molecule has 2 nitrogen and oxygen atoms in total. The van der Waals surface area contributed by atoms with E-state index in [0.29, 0.717) is 5.56 Å². The van der Waals surface area contributed by atoms with Crippen LogP contribution in [0.1, 0.15) is 27.0 Å². The molecular weight excluding hydrogens is 199 g/mol. The molecule has 0 fully saturated rings. The molecule has 0 saturated heterocycles. The molecule has 0 aliphatic heterocycles. The summed E-state index contributed by atoms with van der Waals surface area (Å²) >= 11 is 0. The van der Waals surface area contributed by atoms with Crippen LogP contribution in [0, 0.1) is 6.92 Å². The molecule has 0 aliphatic rings. The molecule has 14 heavy (non-hydrogen) atoms. The molecule has 0 aliphatic carbocycles. The molecule has 0 aromatic heterocycles. The van der Waals surface area contributed by atoms with Crippen molar-refractivity contribution in [3.8, 4) is 0 Å². The highest BCUT2D eigenvalue weighted by Gasteiger charge is 2.11. The van der Waals surface area contributed by atoms with Crippen molar-refractivity contribution in [3.05, 3.63) is 35.4 Å². The Morgan fingerprint density at radius 2 is 2.00 bits per heavy atom. The van der Waals surface area contributed by atoms with Crippen LogP contribution in [-0.2, 0) is 0 Å². The van der Waals surface area contributed by atoms with Gasteiger partial charge in [-0.15, -0.1) is 12.4 Å². The molecule has 1 N–H and O–H groups in total. The van der Waals surface area contributed by atoms with Gasteiger partial charge in [-0.1, -0.05) is 29.8 Å². The fraction of sp³-hybridized carbons (Fsp3) is 0.364. The van der Waals surface area contributed by atoms with E-state index in [1.165, 1.54) is 0 Å². The van der Waals surface area contributed by atoms with Crippen LogP contribution in [0.15, 0.2) is 24.3 Å². The van der Waals surface area contributed by atoms with Crippen LogP contribution < -0.4 is 5.32 Å². The number of rotatable bonds is 3. The predicted molar refractivity (Wildman–Crippen MR) is 61.3 cm³/mol. The van der Waals surface area contributed by atoms with Crippen LogP contribution in [0.3, 0.4) is 0 Å². The van der Waals surface area contributed by atoms with Crippen LogP contribution in [0.5, 0.6) is 0 Å². The van der Waals surface area contributed by atoms with E-state index in [1.807, 2.05) is 19.1 Å². The maximum absolute atomic E-state index is 11.8. The largest absolute Gasteiger partial charge is 0.310 e. The maximum atomic E-state index is 11.8. The number of hydrogen-bond donors (Lipinski definition) is 1. The fourth-order valence-corrected chi connectivity index (χ4v) is 1.03. The molecule has 3 heteroatoms. The van der Waals surface area contributed by atoms with Gasteiger partial charge in [-0.05, 0) is 20.8 Å². The van der Waals surface area contributed by atoms with Gasteiger partial charge >= 0.3 is 0 Å². The summed E-state index contributed by atoms with van der Waals surface area (Å²) in [5.41, 5.74) is 1.59. The van der Waals surface area contributed by atoms with E-state index in [-0.39, 0.29) is 18.2 Å². The van der Waals surface area contributed by atoms with Crippen molar-refractivity contribution in [1.82, 2.24) is 5.32 Å². The van der Waals surface area contributed by atoms with Gasteiger partial charge in [0.15, 0.2) is 5.78 Å². The lowest BCUT2D eigenvalue weighted by Gasteiger charge is -2.08. The average Bonchev–Trinajstić information content (AvgIpc) is 2.15. The first kappa shape index (κ1) is 8.45. The summed E-state index contributed by atoms with van der Waals surface area (Å²) in [6, 6.07) is 6.35. The van der Waals surface area contributed by atoms with Gasteiger partial charge in [0.1, 0.15) is 0 Å². The Labute approximate surface area is 95.3 Å². The van der Waals surface area contributed by atoms with Crippen molar-refractivity contribution < 1.29 is 8.91 Å². The summed E-state index contributed by atoms with van der Waals surface area (Å²) in [5.74, 6) is -0.212. The molecule has 1 aromatic rings. The van der Waals surface area contributed by atoms with E-state index >= 15 is 0 Å². The number of aryl methyl sites for hydroxylation is 1. The highest BCUT2D eigenvalue weighted by atomic mass is 35.5. The normalized spacial score (nSPS) is 15.7. The van der Waals surface area contributed by atoms with E-state index in [9.17, 15) is 4.79 Å². The molecule has 0 heterocycles. The number of carbonyl (C=O) groups is 1. The fourth-order valence-electron chi connectivity index (χ4n) is 1.03. The summed E-state index contributed by atoms with van der Waals surface area (Å²) in [5, 5.41) is 2.28. The van der Waals surface area contributed by atoms with Gasteiger partial charge in [-0.2, -0.15) is 0 Å². The maximum Gasteiger partial charge on any atom is 0.179 e. The zero-order valence-corrected chi connectivity index (χ0v) is 9.02. The van der Waals surface area contributed by atoms with Gasteiger partial charge in [0.25, 0.3) is 0 Å². The van der Waals surface area contributed by atoms with Crippen LogP contribution in [0.2, 0.25) is 0 Å². The summed E-state index contributed by atoms with van der Waals surface area (Å²) in [6.45, 7) is 1.19. The molecular formula is C11H16ClNO. The topological polar surface area (TPSA) is 29.1 Å². The van der Waals surface area contributed by atoms with Crippen LogP contribution >= 0.6 is 12.4 Å². The van der Waals surface area contributed by atoms with E-state index in [0.717, 1.165) is 5.56 Å². The molecule has 0 radical (unpaired) electrons. The number of benzene rings is 1. The second-order valence-corrected chi connectivity index (χ2v) is 3.10. The van der Waals surface area contributed by atoms with Crippen LogP contribution in [0.4, 0.5) is 0 Å². The number of Topliss-reactive ketones (excluding diaryl/α,β-unsaturated/α-hetero) is 1. The number of likely N-dealkylation sites (N-methyl/N-ethyl adjacent to an activating group) is 1. The Bertz CT molecular complexity index is 375. The van der Waals surface area contributed by atoms with Gasteiger partial charge in [0.05, 0.1) is 6.04 Å². The molecule has 1 aromatic carbocycles. The molecule has 0 amide bonds. The second-order valence-electron chi connectivity index (χ2n) is 3.10. The van der Waals surface area contributed by atoms with E-state index < -0.39 is 13.0 Å². The van der Waals surface area contributed by atoms with Crippen molar-refractivity contribution >= 4 is 18.2 Å². The Morgan fingerprint density at radius 3 is 2.50 bits per heavy atom. The number of hydrogen-bond acceptors (Lipinski definition) is 2. The van der Waals surface area contributed by atoms with Crippen molar-refractivity contribution in [3.63, 3.8) is 0 Å². The van der Waals surface area contributed by atoms with Crippen LogP contribution in [-0.4, -0.2) is 18.8 Å². The van der Waals surface area contributed by atoms with Gasteiger partial charge in [-0.25, -0.2) is 0 Å². The first-order chi connectivity index (χ1) is 7.29. The Hall–Kier alpha value is -0.860. The Kier molecular flexibility index (Phi) is 3.49. The van der Waals surface area contributed by atoms with Gasteiger partial charge < -0.3 is 5.32 Å². The summed E-state index contributed by atoms with van der Waals surface area (Å²) < 4.78 is 21.1. The molecule has 1 rings (SSSR count). The number of ketones is 1. The average molecular weight is 218 g/mol. The molecule has 0 spiro atoms. The molecule has 78 valence electrons. The Morgan fingerprint density at radius 1 is 1.43 bits per heavy atom. The van der Waals surface area contributed by atoms with Crippen molar-refractivity contribution in [1.29, 1.82) is 0 Å². The minimum Gasteiger partial charge on any atom is -0.310 e. The van der Waals surface area contributed by atoms with Crippen molar-refractivity contribution in [2.24, 2.45) is 0 Å². The lowest BCUT2D eigenvalue weighted by molar-refractivity contribution is 0.0955. The molecule has 1 atom stereocenters. The smallest absolute Gasteiger partial charge is 0.179 e. The standard InChI is InChI=1S/C11H15NO.ClH/c1-8-4-6-10(7-5-8)11(13)9(2)12-3;/h4-7,9,12H,1-3H3;1H/i3+1D3;. The lowest BCUT2D eigenvalue weighted by atomic mass is 10.0. The monoisotopic (exact) mass is 217 g/mol. The molecule has 0 saturated carbocycles. The third-order valence-electron chi connectivity index (χ3n) is 1.95.